The molecule has 0 aromatic heterocycles. The minimum absolute atomic E-state index is 0.191. The maximum absolute atomic E-state index is 12.2. The fraction of sp³-hybridized carbons (Fsp3) is 0.133. The van der Waals surface area contributed by atoms with Gasteiger partial charge in [-0.25, -0.2) is 10.1 Å². The first-order chi connectivity index (χ1) is 10.1. The lowest BCUT2D eigenvalue weighted by molar-refractivity contribution is -0.484. The molecular weight excluding hydrogens is 270 g/mol. The zero-order chi connectivity index (χ0) is 15.2. The second kappa shape index (κ2) is 6.62. The van der Waals surface area contributed by atoms with Crippen molar-refractivity contribution in [2.24, 2.45) is 5.73 Å². The average Bonchev–Trinajstić information content (AvgIpc) is 2.49. The topological polar surface area (TPSA) is 89.5 Å². The molecule has 0 heterocycles. The first-order valence-electron chi connectivity index (χ1n) is 6.42. The van der Waals surface area contributed by atoms with Crippen LogP contribution in [0.1, 0.15) is 5.56 Å². The minimum Gasteiger partial charge on any atom is -0.319 e. The van der Waals surface area contributed by atoms with Gasteiger partial charge in [0.25, 0.3) is 0 Å². The maximum atomic E-state index is 12.2. The number of benzene rings is 2. The van der Waals surface area contributed by atoms with Gasteiger partial charge in [-0.3, -0.25) is 4.79 Å². The Morgan fingerprint density at radius 2 is 1.62 bits per heavy atom. The highest BCUT2D eigenvalue weighted by atomic mass is 16.7. The third-order valence-electron chi connectivity index (χ3n) is 2.99. The number of hydrazine groups is 1. The third kappa shape index (κ3) is 3.64. The molecule has 108 valence electrons. The first kappa shape index (κ1) is 14.7. The number of amides is 1. The fourth-order valence-electron chi connectivity index (χ4n) is 1.98. The molecule has 2 rings (SSSR count). The molecule has 0 radical (unpaired) electrons. The number of anilines is 1. The monoisotopic (exact) mass is 285 g/mol. The van der Waals surface area contributed by atoms with Crippen molar-refractivity contribution in [1.82, 2.24) is 0 Å². The van der Waals surface area contributed by atoms with Gasteiger partial charge < -0.3 is 5.73 Å². The molecule has 0 spiro atoms. The smallest absolute Gasteiger partial charge is 0.306 e. The number of nitro groups is 1. The van der Waals surface area contributed by atoms with E-state index in [1.54, 1.807) is 18.2 Å². The Balaban J connectivity index is 2.17. The summed E-state index contributed by atoms with van der Waals surface area (Å²) in [5, 5.41) is 10.9. The van der Waals surface area contributed by atoms with Crippen molar-refractivity contribution in [2.75, 3.05) is 5.01 Å². The standard InChI is InChI=1S/C15H15N3O3/c16-14(11-12-7-3-1-4-8-12)15(19)17(18(20)21)13-9-5-2-6-10-13/h1-10,14H,11,16H2/t14-/m0/s1. The molecule has 1 amide bonds. The molecule has 2 aromatic rings. The Bertz CT molecular complexity index is 617. The molecule has 1 atom stereocenters. The zero-order valence-corrected chi connectivity index (χ0v) is 11.3. The highest BCUT2D eigenvalue weighted by molar-refractivity contribution is 5.95. The summed E-state index contributed by atoms with van der Waals surface area (Å²) in [7, 11) is 0. The lowest BCUT2D eigenvalue weighted by atomic mass is 10.1. The minimum atomic E-state index is -0.974. The molecule has 21 heavy (non-hydrogen) atoms. The predicted molar refractivity (Wildman–Crippen MR) is 79.0 cm³/mol. The number of para-hydroxylation sites is 1. The Morgan fingerprint density at radius 3 is 2.14 bits per heavy atom. The Morgan fingerprint density at radius 1 is 1.10 bits per heavy atom. The number of carbonyl (C=O) groups excluding carboxylic acids is 1. The van der Waals surface area contributed by atoms with Gasteiger partial charge in [-0.2, -0.15) is 0 Å². The van der Waals surface area contributed by atoms with E-state index in [0.29, 0.717) is 5.01 Å². The van der Waals surface area contributed by atoms with Gasteiger partial charge in [0.1, 0.15) is 5.69 Å². The largest absolute Gasteiger partial charge is 0.319 e. The summed E-state index contributed by atoms with van der Waals surface area (Å²) in [4.78, 5) is 23.4. The van der Waals surface area contributed by atoms with E-state index in [-0.39, 0.29) is 12.1 Å². The number of nitrogens with two attached hydrogens (primary N) is 1. The molecule has 0 bridgehead atoms. The number of nitrogens with zero attached hydrogens (tertiary/aromatic N) is 2. The van der Waals surface area contributed by atoms with Gasteiger partial charge in [0.2, 0.25) is 0 Å². The summed E-state index contributed by atoms with van der Waals surface area (Å²) in [6.07, 6.45) is 0.247. The molecule has 2 aromatic carbocycles. The van der Waals surface area contributed by atoms with Crippen LogP contribution in [0.3, 0.4) is 0 Å². The van der Waals surface area contributed by atoms with Crippen LogP contribution >= 0.6 is 0 Å². The van der Waals surface area contributed by atoms with E-state index in [1.165, 1.54) is 12.1 Å². The Hall–Kier alpha value is -2.73. The fourth-order valence-corrected chi connectivity index (χ4v) is 1.98. The molecule has 0 unspecified atom stereocenters. The Kier molecular flexibility index (Phi) is 4.63. The summed E-state index contributed by atoms with van der Waals surface area (Å²) in [6, 6.07) is 16.1. The number of hydrogen-bond donors (Lipinski definition) is 1. The lowest BCUT2D eigenvalue weighted by Gasteiger charge is -2.16. The molecule has 2 N–H and O–H groups in total. The molecule has 0 saturated carbocycles. The van der Waals surface area contributed by atoms with Crippen LogP contribution in [-0.4, -0.2) is 17.0 Å². The van der Waals surface area contributed by atoms with Gasteiger partial charge in [-0.05, 0) is 29.1 Å². The summed E-state index contributed by atoms with van der Waals surface area (Å²) >= 11 is 0. The van der Waals surface area contributed by atoms with Crippen LogP contribution in [0, 0.1) is 10.1 Å². The number of carbonyl (C=O) groups is 1. The molecular formula is C15H15N3O3. The van der Waals surface area contributed by atoms with Gasteiger partial charge in [-0.1, -0.05) is 48.5 Å². The van der Waals surface area contributed by atoms with Crippen LogP contribution < -0.4 is 10.7 Å². The Labute approximate surface area is 121 Å². The highest BCUT2D eigenvalue weighted by Crippen LogP contribution is 2.15. The first-order valence-corrected chi connectivity index (χ1v) is 6.42. The number of rotatable bonds is 5. The quantitative estimate of drug-likeness (QED) is 0.669. The third-order valence-corrected chi connectivity index (χ3v) is 2.99. The van der Waals surface area contributed by atoms with Crippen LogP contribution in [0.2, 0.25) is 0 Å². The van der Waals surface area contributed by atoms with Crippen LogP contribution in [0.25, 0.3) is 0 Å². The summed E-state index contributed by atoms with van der Waals surface area (Å²) in [5.41, 5.74) is 6.88. The van der Waals surface area contributed by atoms with Crippen molar-refractivity contribution >= 4 is 11.6 Å². The van der Waals surface area contributed by atoms with Crippen LogP contribution in [0.15, 0.2) is 60.7 Å². The predicted octanol–water partition coefficient (Wildman–Crippen LogP) is 1.78. The highest BCUT2D eigenvalue weighted by Gasteiger charge is 2.31. The van der Waals surface area contributed by atoms with E-state index in [2.05, 4.69) is 0 Å². The molecule has 0 fully saturated rings. The van der Waals surface area contributed by atoms with Gasteiger partial charge in [0.05, 0.1) is 6.04 Å². The van der Waals surface area contributed by atoms with Crippen LogP contribution in [0.5, 0.6) is 0 Å². The van der Waals surface area contributed by atoms with E-state index in [1.807, 2.05) is 30.3 Å². The molecule has 6 heteroatoms. The van der Waals surface area contributed by atoms with E-state index in [0.717, 1.165) is 5.56 Å². The second-order valence-corrected chi connectivity index (χ2v) is 4.52. The maximum Gasteiger partial charge on any atom is 0.306 e. The normalized spacial score (nSPS) is 11.7. The van der Waals surface area contributed by atoms with Crippen molar-refractivity contribution in [3.8, 4) is 0 Å². The van der Waals surface area contributed by atoms with Gasteiger partial charge in [0.15, 0.2) is 5.03 Å². The van der Waals surface area contributed by atoms with Crippen molar-refractivity contribution in [2.45, 2.75) is 12.5 Å². The van der Waals surface area contributed by atoms with Crippen molar-refractivity contribution < 1.29 is 9.83 Å². The second-order valence-electron chi connectivity index (χ2n) is 4.52. The van der Waals surface area contributed by atoms with Crippen LogP contribution in [-0.2, 0) is 11.2 Å². The molecule has 6 nitrogen and oxygen atoms in total. The van der Waals surface area contributed by atoms with Gasteiger partial charge in [0, 0.05) is 0 Å². The summed E-state index contributed by atoms with van der Waals surface area (Å²) < 4.78 is 0. The molecule has 0 aliphatic heterocycles. The zero-order valence-electron chi connectivity index (χ0n) is 11.3. The molecule has 0 aliphatic carbocycles. The van der Waals surface area contributed by atoms with E-state index in [9.17, 15) is 14.9 Å². The SMILES string of the molecule is N[C@@H](Cc1ccccc1)C(=O)N(c1ccccc1)[N+](=O)[O-]. The summed E-state index contributed by atoms with van der Waals surface area (Å²) in [6.45, 7) is 0. The van der Waals surface area contributed by atoms with Crippen molar-refractivity contribution in [3.63, 3.8) is 0 Å². The molecule has 0 aliphatic rings. The number of hydrogen-bond acceptors (Lipinski definition) is 4. The summed E-state index contributed by atoms with van der Waals surface area (Å²) in [5.74, 6) is -0.741. The van der Waals surface area contributed by atoms with E-state index < -0.39 is 17.0 Å². The van der Waals surface area contributed by atoms with Crippen LogP contribution in [0.4, 0.5) is 5.69 Å². The van der Waals surface area contributed by atoms with E-state index in [4.69, 9.17) is 5.73 Å². The lowest BCUT2D eigenvalue weighted by Crippen LogP contribution is -2.47. The van der Waals surface area contributed by atoms with Gasteiger partial charge >= 0.3 is 5.91 Å². The van der Waals surface area contributed by atoms with Crippen molar-refractivity contribution in [1.29, 1.82) is 0 Å². The van der Waals surface area contributed by atoms with Crippen molar-refractivity contribution in [3.05, 3.63) is 76.3 Å². The van der Waals surface area contributed by atoms with Gasteiger partial charge in [-0.15, -0.1) is 0 Å². The average molecular weight is 285 g/mol. The molecule has 0 saturated heterocycles. The van der Waals surface area contributed by atoms with E-state index >= 15 is 0 Å².